The van der Waals surface area contributed by atoms with Gasteiger partial charge in [0.15, 0.2) is 0 Å². The third kappa shape index (κ3) is 3.33. The number of aryl methyl sites for hydroxylation is 1. The molecule has 1 aromatic carbocycles. The topological polar surface area (TPSA) is 21.3 Å². The molecule has 2 nitrogen and oxygen atoms in total. The van der Waals surface area contributed by atoms with E-state index in [9.17, 15) is 0 Å². The van der Waals surface area contributed by atoms with Crippen LogP contribution in [0, 0.1) is 12.8 Å². The van der Waals surface area contributed by atoms with Crippen LogP contribution in [0.5, 0.6) is 0 Å². The van der Waals surface area contributed by atoms with E-state index in [4.69, 9.17) is 4.74 Å². The molecule has 0 amide bonds. The minimum Gasteiger partial charge on any atom is -0.373 e. The summed E-state index contributed by atoms with van der Waals surface area (Å²) in [5.74, 6) is 0.588. The van der Waals surface area contributed by atoms with E-state index in [1.54, 1.807) is 0 Å². The van der Waals surface area contributed by atoms with Crippen molar-refractivity contribution >= 4 is 0 Å². The van der Waals surface area contributed by atoms with Gasteiger partial charge in [-0.2, -0.15) is 0 Å². The van der Waals surface area contributed by atoms with Gasteiger partial charge in [-0.05, 0) is 45.2 Å². The second-order valence-electron chi connectivity index (χ2n) is 6.33. The SMILES string of the molecule is Cc1ccccc1C1OCCC1CNC(C)(C)C. The zero-order valence-corrected chi connectivity index (χ0v) is 12.0. The van der Waals surface area contributed by atoms with Gasteiger partial charge in [-0.1, -0.05) is 24.3 Å². The maximum atomic E-state index is 5.96. The summed E-state index contributed by atoms with van der Waals surface area (Å²) in [6.07, 6.45) is 1.42. The Bertz CT molecular complexity index is 394. The van der Waals surface area contributed by atoms with Crippen molar-refractivity contribution < 1.29 is 4.74 Å². The van der Waals surface area contributed by atoms with E-state index < -0.39 is 0 Å². The summed E-state index contributed by atoms with van der Waals surface area (Å²) >= 11 is 0. The van der Waals surface area contributed by atoms with Gasteiger partial charge in [0.1, 0.15) is 0 Å². The molecule has 1 aromatic rings. The Morgan fingerprint density at radius 3 is 2.67 bits per heavy atom. The third-order valence-corrected chi connectivity index (χ3v) is 3.60. The maximum absolute atomic E-state index is 5.96. The largest absolute Gasteiger partial charge is 0.373 e. The van der Waals surface area contributed by atoms with Gasteiger partial charge in [0.25, 0.3) is 0 Å². The molecule has 1 N–H and O–H groups in total. The van der Waals surface area contributed by atoms with Crippen LogP contribution in [0.1, 0.15) is 44.4 Å². The average Bonchev–Trinajstić information content (AvgIpc) is 2.74. The molecule has 1 aliphatic rings. The Balaban J connectivity index is 2.06. The molecule has 2 rings (SSSR count). The van der Waals surface area contributed by atoms with E-state index in [1.807, 2.05) is 0 Å². The molecule has 0 bridgehead atoms. The fraction of sp³-hybridized carbons (Fsp3) is 0.625. The number of hydrogen-bond donors (Lipinski definition) is 1. The van der Waals surface area contributed by atoms with Crippen molar-refractivity contribution in [1.29, 1.82) is 0 Å². The predicted molar refractivity (Wildman–Crippen MR) is 75.7 cm³/mol. The highest BCUT2D eigenvalue weighted by atomic mass is 16.5. The second kappa shape index (κ2) is 5.41. The first-order valence-electron chi connectivity index (χ1n) is 6.89. The first-order chi connectivity index (χ1) is 8.47. The van der Waals surface area contributed by atoms with Gasteiger partial charge in [-0.25, -0.2) is 0 Å². The Hall–Kier alpha value is -0.860. The van der Waals surface area contributed by atoms with Crippen LogP contribution in [-0.4, -0.2) is 18.7 Å². The van der Waals surface area contributed by atoms with Crippen LogP contribution in [0.4, 0.5) is 0 Å². The van der Waals surface area contributed by atoms with Gasteiger partial charge in [0, 0.05) is 24.6 Å². The molecule has 0 saturated carbocycles. The zero-order valence-electron chi connectivity index (χ0n) is 12.0. The first kappa shape index (κ1) is 13.6. The van der Waals surface area contributed by atoms with Crippen LogP contribution < -0.4 is 5.32 Å². The normalized spacial score (nSPS) is 24.4. The summed E-state index contributed by atoms with van der Waals surface area (Å²) in [6.45, 7) is 10.7. The molecule has 1 fully saturated rings. The Morgan fingerprint density at radius 2 is 2.00 bits per heavy atom. The van der Waals surface area contributed by atoms with Crippen molar-refractivity contribution in [2.24, 2.45) is 5.92 Å². The maximum Gasteiger partial charge on any atom is 0.0868 e. The van der Waals surface area contributed by atoms with Gasteiger partial charge in [-0.15, -0.1) is 0 Å². The summed E-state index contributed by atoms with van der Waals surface area (Å²) in [5, 5.41) is 3.60. The summed E-state index contributed by atoms with van der Waals surface area (Å²) < 4.78 is 5.96. The summed E-state index contributed by atoms with van der Waals surface area (Å²) in [4.78, 5) is 0. The van der Waals surface area contributed by atoms with Crippen molar-refractivity contribution in [3.63, 3.8) is 0 Å². The minimum absolute atomic E-state index is 0.179. The standard InChI is InChI=1S/C16H25NO/c1-12-7-5-6-8-14(12)15-13(9-10-18-15)11-17-16(2,3)4/h5-8,13,15,17H,9-11H2,1-4H3. The molecular weight excluding hydrogens is 222 g/mol. The van der Waals surface area contributed by atoms with Crippen LogP contribution in [0.15, 0.2) is 24.3 Å². The number of ether oxygens (including phenoxy) is 1. The molecule has 0 radical (unpaired) electrons. The molecule has 100 valence electrons. The lowest BCUT2D eigenvalue weighted by Crippen LogP contribution is -2.39. The fourth-order valence-corrected chi connectivity index (χ4v) is 2.53. The smallest absolute Gasteiger partial charge is 0.0868 e. The molecule has 2 unspecified atom stereocenters. The Kier molecular flexibility index (Phi) is 4.08. The van der Waals surface area contributed by atoms with Crippen molar-refractivity contribution in [2.75, 3.05) is 13.2 Å². The number of hydrogen-bond acceptors (Lipinski definition) is 2. The van der Waals surface area contributed by atoms with Crippen LogP contribution in [-0.2, 0) is 4.74 Å². The van der Waals surface area contributed by atoms with Crippen LogP contribution in [0.2, 0.25) is 0 Å². The predicted octanol–water partition coefficient (Wildman–Crippen LogP) is 3.46. The zero-order chi connectivity index (χ0) is 13.2. The highest BCUT2D eigenvalue weighted by Crippen LogP contribution is 2.35. The number of nitrogens with one attached hydrogen (secondary N) is 1. The monoisotopic (exact) mass is 247 g/mol. The van der Waals surface area contributed by atoms with Gasteiger partial charge in [0.05, 0.1) is 6.10 Å². The third-order valence-electron chi connectivity index (χ3n) is 3.60. The molecule has 0 aromatic heterocycles. The van der Waals surface area contributed by atoms with Crippen molar-refractivity contribution in [3.8, 4) is 0 Å². The summed E-state index contributed by atoms with van der Waals surface area (Å²) in [5.41, 5.74) is 2.87. The van der Waals surface area contributed by atoms with E-state index >= 15 is 0 Å². The van der Waals surface area contributed by atoms with Gasteiger partial charge < -0.3 is 10.1 Å². The van der Waals surface area contributed by atoms with Crippen LogP contribution in [0.25, 0.3) is 0 Å². The number of benzene rings is 1. The molecule has 18 heavy (non-hydrogen) atoms. The highest BCUT2D eigenvalue weighted by molar-refractivity contribution is 5.28. The average molecular weight is 247 g/mol. The van der Waals surface area contributed by atoms with Gasteiger partial charge in [0.2, 0.25) is 0 Å². The lowest BCUT2D eigenvalue weighted by Gasteiger charge is -2.26. The van der Waals surface area contributed by atoms with E-state index in [2.05, 4.69) is 57.3 Å². The molecule has 1 heterocycles. The molecule has 1 saturated heterocycles. The van der Waals surface area contributed by atoms with E-state index in [1.165, 1.54) is 11.1 Å². The van der Waals surface area contributed by atoms with Crippen LogP contribution >= 0.6 is 0 Å². The lowest BCUT2D eigenvalue weighted by atomic mass is 9.92. The van der Waals surface area contributed by atoms with Gasteiger partial charge in [-0.3, -0.25) is 0 Å². The summed E-state index contributed by atoms with van der Waals surface area (Å²) in [6, 6.07) is 8.58. The Morgan fingerprint density at radius 1 is 1.28 bits per heavy atom. The van der Waals surface area contributed by atoms with Crippen molar-refractivity contribution in [3.05, 3.63) is 35.4 Å². The Labute approximate surface area is 111 Å². The van der Waals surface area contributed by atoms with E-state index in [0.717, 1.165) is 19.6 Å². The van der Waals surface area contributed by atoms with Crippen LogP contribution in [0.3, 0.4) is 0 Å². The number of rotatable bonds is 3. The second-order valence-corrected chi connectivity index (χ2v) is 6.33. The highest BCUT2D eigenvalue weighted by Gasteiger charge is 2.31. The lowest BCUT2D eigenvalue weighted by molar-refractivity contribution is 0.0884. The molecule has 0 aliphatic carbocycles. The van der Waals surface area contributed by atoms with Crippen molar-refractivity contribution in [2.45, 2.75) is 45.8 Å². The van der Waals surface area contributed by atoms with E-state index in [0.29, 0.717) is 5.92 Å². The molecule has 0 spiro atoms. The first-order valence-corrected chi connectivity index (χ1v) is 6.89. The quantitative estimate of drug-likeness (QED) is 0.883. The van der Waals surface area contributed by atoms with E-state index in [-0.39, 0.29) is 11.6 Å². The molecule has 2 heteroatoms. The molecular formula is C16H25NO. The molecule has 2 atom stereocenters. The molecule has 1 aliphatic heterocycles. The van der Waals surface area contributed by atoms with Gasteiger partial charge >= 0.3 is 0 Å². The summed E-state index contributed by atoms with van der Waals surface area (Å²) in [7, 11) is 0. The van der Waals surface area contributed by atoms with Crippen molar-refractivity contribution in [1.82, 2.24) is 5.32 Å². The fourth-order valence-electron chi connectivity index (χ4n) is 2.53. The minimum atomic E-state index is 0.179.